The Morgan fingerprint density at radius 1 is 1.27 bits per heavy atom. The lowest BCUT2D eigenvalue weighted by atomic mass is 9.86. The van der Waals surface area contributed by atoms with Gasteiger partial charge in [-0.3, -0.25) is 0 Å². The van der Waals surface area contributed by atoms with Crippen LogP contribution in [0.5, 0.6) is 0 Å². The third-order valence-electron chi connectivity index (χ3n) is 4.07. The van der Waals surface area contributed by atoms with E-state index in [1.165, 1.54) is 0 Å². The molecule has 1 aromatic carbocycles. The number of aryl methyl sites for hydroxylation is 1. The molecule has 22 heavy (non-hydrogen) atoms. The Hall–Kier alpha value is -1.17. The largest absolute Gasteiger partial charge is 0.371 e. The topological polar surface area (TPSA) is 46.6 Å². The highest BCUT2D eigenvalue weighted by atomic mass is 32.2. The molecule has 0 bridgehead atoms. The van der Waals surface area contributed by atoms with E-state index in [-0.39, 0.29) is 17.6 Å². The van der Waals surface area contributed by atoms with Crippen molar-refractivity contribution in [1.82, 2.24) is 4.31 Å². The second-order valence-corrected chi connectivity index (χ2v) is 8.77. The molecular formula is C17H25NO3S. The molecule has 2 rings (SSSR count). The SMILES string of the molecule is C=CC1CN(S(=O)(=O)c2ccc(C)cc2)[C@@H](C(C)(C)C)CO1. The van der Waals surface area contributed by atoms with Crippen molar-refractivity contribution in [3.63, 3.8) is 0 Å². The van der Waals surface area contributed by atoms with Gasteiger partial charge in [0, 0.05) is 6.54 Å². The monoisotopic (exact) mass is 323 g/mol. The van der Waals surface area contributed by atoms with Crippen LogP contribution in [0, 0.1) is 12.3 Å². The van der Waals surface area contributed by atoms with Gasteiger partial charge in [-0.05, 0) is 24.5 Å². The molecule has 1 aliphatic heterocycles. The Kier molecular flexibility index (Phi) is 4.80. The van der Waals surface area contributed by atoms with Crippen LogP contribution in [-0.2, 0) is 14.8 Å². The summed E-state index contributed by atoms with van der Waals surface area (Å²) in [6, 6.07) is 6.79. The summed E-state index contributed by atoms with van der Waals surface area (Å²) >= 11 is 0. The van der Waals surface area contributed by atoms with Crippen LogP contribution in [0.25, 0.3) is 0 Å². The minimum absolute atomic E-state index is 0.199. The summed E-state index contributed by atoms with van der Waals surface area (Å²) in [7, 11) is -3.55. The van der Waals surface area contributed by atoms with Crippen molar-refractivity contribution in [2.45, 2.75) is 44.7 Å². The average molecular weight is 323 g/mol. The summed E-state index contributed by atoms with van der Waals surface area (Å²) in [5.74, 6) is 0. The van der Waals surface area contributed by atoms with Crippen LogP contribution in [-0.4, -0.2) is 38.0 Å². The Labute approximate surface area is 133 Å². The number of ether oxygens (including phenoxy) is 1. The molecular weight excluding hydrogens is 298 g/mol. The van der Waals surface area contributed by atoms with Crippen LogP contribution < -0.4 is 0 Å². The minimum Gasteiger partial charge on any atom is -0.371 e. The second-order valence-electron chi connectivity index (χ2n) is 6.88. The Morgan fingerprint density at radius 3 is 2.36 bits per heavy atom. The minimum atomic E-state index is -3.55. The van der Waals surface area contributed by atoms with E-state index < -0.39 is 10.0 Å². The average Bonchev–Trinajstić information content (AvgIpc) is 2.46. The van der Waals surface area contributed by atoms with Gasteiger partial charge >= 0.3 is 0 Å². The highest BCUT2D eigenvalue weighted by Crippen LogP contribution is 2.32. The number of hydrogen-bond donors (Lipinski definition) is 0. The number of nitrogens with zero attached hydrogens (tertiary/aromatic N) is 1. The van der Waals surface area contributed by atoms with E-state index in [2.05, 4.69) is 6.58 Å². The highest BCUT2D eigenvalue weighted by molar-refractivity contribution is 7.89. The van der Waals surface area contributed by atoms with Gasteiger partial charge in [0.2, 0.25) is 10.0 Å². The molecule has 0 aromatic heterocycles. The molecule has 0 spiro atoms. The predicted molar refractivity (Wildman–Crippen MR) is 88.3 cm³/mol. The lowest BCUT2D eigenvalue weighted by Crippen LogP contribution is -2.56. The molecule has 0 saturated carbocycles. The summed E-state index contributed by atoms with van der Waals surface area (Å²) in [5.41, 5.74) is 0.835. The van der Waals surface area contributed by atoms with Gasteiger partial charge in [0.05, 0.1) is 23.6 Å². The lowest BCUT2D eigenvalue weighted by Gasteiger charge is -2.44. The van der Waals surface area contributed by atoms with Crippen molar-refractivity contribution < 1.29 is 13.2 Å². The molecule has 1 saturated heterocycles. The Bertz CT molecular complexity index is 629. The van der Waals surface area contributed by atoms with Crippen LogP contribution in [0.15, 0.2) is 41.8 Å². The van der Waals surface area contributed by atoms with Crippen LogP contribution in [0.3, 0.4) is 0 Å². The zero-order valence-electron chi connectivity index (χ0n) is 13.7. The number of benzene rings is 1. The van der Waals surface area contributed by atoms with E-state index in [1.54, 1.807) is 22.5 Å². The first kappa shape index (κ1) is 17.2. The predicted octanol–water partition coefficient (Wildman–Crippen LogP) is 2.99. The lowest BCUT2D eigenvalue weighted by molar-refractivity contribution is -0.0405. The van der Waals surface area contributed by atoms with Gasteiger partial charge in [-0.25, -0.2) is 8.42 Å². The first-order chi connectivity index (χ1) is 10.2. The van der Waals surface area contributed by atoms with E-state index in [1.807, 2.05) is 39.8 Å². The highest BCUT2D eigenvalue weighted by Gasteiger charge is 2.42. The fourth-order valence-electron chi connectivity index (χ4n) is 2.59. The molecule has 4 nitrogen and oxygen atoms in total. The Morgan fingerprint density at radius 2 is 1.86 bits per heavy atom. The van der Waals surface area contributed by atoms with Crippen molar-refractivity contribution in [1.29, 1.82) is 0 Å². The van der Waals surface area contributed by atoms with Crippen LogP contribution in [0.4, 0.5) is 0 Å². The van der Waals surface area contributed by atoms with Gasteiger partial charge in [-0.1, -0.05) is 44.5 Å². The summed E-state index contributed by atoms with van der Waals surface area (Å²) in [5, 5.41) is 0. The van der Waals surface area contributed by atoms with Gasteiger partial charge in [-0.15, -0.1) is 6.58 Å². The molecule has 0 amide bonds. The smallest absolute Gasteiger partial charge is 0.243 e. The van der Waals surface area contributed by atoms with Gasteiger partial charge in [0.25, 0.3) is 0 Å². The van der Waals surface area contributed by atoms with Crippen LogP contribution in [0.1, 0.15) is 26.3 Å². The van der Waals surface area contributed by atoms with Crippen molar-refractivity contribution in [2.24, 2.45) is 5.41 Å². The molecule has 2 atom stereocenters. The van der Waals surface area contributed by atoms with E-state index in [9.17, 15) is 8.42 Å². The summed E-state index contributed by atoms with van der Waals surface area (Å²) < 4.78 is 33.4. The van der Waals surface area contributed by atoms with Gasteiger partial charge in [0.15, 0.2) is 0 Å². The van der Waals surface area contributed by atoms with Crippen LogP contribution in [0.2, 0.25) is 0 Å². The van der Waals surface area contributed by atoms with Crippen LogP contribution >= 0.6 is 0 Å². The molecule has 0 radical (unpaired) electrons. The van der Waals surface area contributed by atoms with E-state index >= 15 is 0 Å². The van der Waals surface area contributed by atoms with Crippen molar-refractivity contribution in [3.8, 4) is 0 Å². The number of hydrogen-bond acceptors (Lipinski definition) is 3. The molecule has 1 heterocycles. The van der Waals surface area contributed by atoms with Crippen molar-refractivity contribution in [3.05, 3.63) is 42.5 Å². The van der Waals surface area contributed by atoms with Gasteiger partial charge in [0.1, 0.15) is 0 Å². The molecule has 1 aromatic rings. The van der Waals surface area contributed by atoms with Gasteiger partial charge < -0.3 is 4.74 Å². The Balaban J connectivity index is 2.43. The molecule has 0 aliphatic carbocycles. The zero-order valence-corrected chi connectivity index (χ0v) is 14.6. The molecule has 1 unspecified atom stereocenters. The fourth-order valence-corrected chi connectivity index (χ4v) is 4.40. The molecule has 0 N–H and O–H groups in total. The molecule has 1 aliphatic rings. The normalized spacial score (nSPS) is 24.2. The first-order valence-corrected chi connectivity index (χ1v) is 8.93. The third-order valence-corrected chi connectivity index (χ3v) is 5.95. The maximum absolute atomic E-state index is 13.1. The number of rotatable bonds is 3. The fraction of sp³-hybridized carbons (Fsp3) is 0.529. The van der Waals surface area contributed by atoms with Gasteiger partial charge in [-0.2, -0.15) is 4.31 Å². The summed E-state index contributed by atoms with van der Waals surface area (Å²) in [6.45, 7) is 12.5. The number of sulfonamides is 1. The molecule has 1 fully saturated rings. The van der Waals surface area contributed by atoms with E-state index in [0.717, 1.165) is 5.56 Å². The standard InChI is InChI=1S/C17H25NO3S/c1-6-14-11-18(16(12-21-14)17(3,4)5)22(19,20)15-9-7-13(2)8-10-15/h6-10,14,16H,1,11-12H2,2-5H3/t14?,16-/m1/s1. The molecule has 5 heteroatoms. The first-order valence-electron chi connectivity index (χ1n) is 7.49. The second kappa shape index (κ2) is 6.14. The summed E-state index contributed by atoms with van der Waals surface area (Å²) in [6.07, 6.45) is 1.40. The van der Waals surface area contributed by atoms with E-state index in [0.29, 0.717) is 18.0 Å². The number of morpholine rings is 1. The maximum Gasteiger partial charge on any atom is 0.243 e. The molecule has 122 valence electrons. The third kappa shape index (κ3) is 3.42. The van der Waals surface area contributed by atoms with E-state index in [4.69, 9.17) is 4.74 Å². The quantitative estimate of drug-likeness (QED) is 0.803. The zero-order chi connectivity index (χ0) is 16.5. The maximum atomic E-state index is 13.1. The van der Waals surface area contributed by atoms with Crippen molar-refractivity contribution in [2.75, 3.05) is 13.2 Å². The summed E-state index contributed by atoms with van der Waals surface area (Å²) in [4.78, 5) is 0.331. The van der Waals surface area contributed by atoms with Crippen molar-refractivity contribution >= 4 is 10.0 Å².